The van der Waals surface area contributed by atoms with Gasteiger partial charge in [-0.15, -0.1) is 0 Å². The summed E-state index contributed by atoms with van der Waals surface area (Å²) < 4.78 is 11.2. The summed E-state index contributed by atoms with van der Waals surface area (Å²) in [6.07, 6.45) is 2.06. The van der Waals surface area contributed by atoms with Gasteiger partial charge in [0.15, 0.2) is 0 Å². The Hall–Kier alpha value is -1.59. The van der Waals surface area contributed by atoms with E-state index >= 15 is 0 Å². The predicted molar refractivity (Wildman–Crippen MR) is 77.8 cm³/mol. The van der Waals surface area contributed by atoms with E-state index in [-0.39, 0.29) is 12.0 Å². The van der Waals surface area contributed by atoms with Crippen molar-refractivity contribution in [2.75, 3.05) is 18.5 Å². The SMILES string of the molecule is CCCOc1ccccc1NC(=O)[C@@H]1CC[C@H](CN)O1. The van der Waals surface area contributed by atoms with E-state index in [9.17, 15) is 4.79 Å². The van der Waals surface area contributed by atoms with Gasteiger partial charge in [-0.25, -0.2) is 0 Å². The van der Waals surface area contributed by atoms with Crippen molar-refractivity contribution in [1.29, 1.82) is 0 Å². The van der Waals surface area contributed by atoms with E-state index in [0.29, 0.717) is 31.0 Å². The largest absolute Gasteiger partial charge is 0.491 e. The molecule has 1 fully saturated rings. The molecule has 0 aromatic heterocycles. The molecule has 0 bridgehead atoms. The first-order chi connectivity index (χ1) is 9.74. The van der Waals surface area contributed by atoms with E-state index in [0.717, 1.165) is 12.8 Å². The molecule has 2 rings (SSSR count). The van der Waals surface area contributed by atoms with Crippen LogP contribution in [0.4, 0.5) is 5.69 Å². The highest BCUT2D eigenvalue weighted by atomic mass is 16.5. The van der Waals surface area contributed by atoms with Gasteiger partial charge in [0.05, 0.1) is 18.4 Å². The molecule has 5 nitrogen and oxygen atoms in total. The Balaban J connectivity index is 1.97. The normalized spacial score (nSPS) is 21.7. The van der Waals surface area contributed by atoms with Crippen LogP contribution in [0.1, 0.15) is 26.2 Å². The van der Waals surface area contributed by atoms with Gasteiger partial charge >= 0.3 is 0 Å². The fourth-order valence-corrected chi connectivity index (χ4v) is 2.19. The molecule has 0 spiro atoms. The molecule has 1 amide bonds. The Bertz CT molecular complexity index is 450. The molecular formula is C15H22N2O3. The average molecular weight is 278 g/mol. The van der Waals surface area contributed by atoms with Gasteiger partial charge in [0.25, 0.3) is 5.91 Å². The number of amides is 1. The van der Waals surface area contributed by atoms with Crippen LogP contribution in [-0.4, -0.2) is 31.3 Å². The van der Waals surface area contributed by atoms with Crippen LogP contribution in [0.25, 0.3) is 0 Å². The lowest BCUT2D eigenvalue weighted by molar-refractivity contribution is -0.126. The molecule has 2 atom stereocenters. The van der Waals surface area contributed by atoms with E-state index in [2.05, 4.69) is 5.32 Å². The van der Waals surface area contributed by atoms with Crippen LogP contribution in [-0.2, 0) is 9.53 Å². The van der Waals surface area contributed by atoms with Crippen molar-refractivity contribution in [3.63, 3.8) is 0 Å². The number of carbonyl (C=O) groups is 1. The maximum atomic E-state index is 12.2. The molecule has 5 heteroatoms. The summed E-state index contributed by atoms with van der Waals surface area (Å²) in [6.45, 7) is 3.13. The molecule has 1 aromatic carbocycles. The maximum absolute atomic E-state index is 12.2. The first-order valence-electron chi connectivity index (χ1n) is 7.12. The number of anilines is 1. The van der Waals surface area contributed by atoms with Crippen molar-refractivity contribution in [1.82, 2.24) is 0 Å². The summed E-state index contributed by atoms with van der Waals surface area (Å²) in [5.74, 6) is 0.560. The summed E-state index contributed by atoms with van der Waals surface area (Å²) in [7, 11) is 0. The minimum Gasteiger partial charge on any atom is -0.491 e. The number of nitrogens with two attached hydrogens (primary N) is 1. The van der Waals surface area contributed by atoms with Crippen LogP contribution >= 0.6 is 0 Å². The molecular weight excluding hydrogens is 256 g/mol. The van der Waals surface area contributed by atoms with E-state index in [1.54, 1.807) is 0 Å². The van der Waals surface area contributed by atoms with Gasteiger partial charge in [-0.2, -0.15) is 0 Å². The zero-order valence-corrected chi connectivity index (χ0v) is 11.8. The second kappa shape index (κ2) is 7.26. The molecule has 20 heavy (non-hydrogen) atoms. The molecule has 1 aliphatic heterocycles. The second-order valence-electron chi connectivity index (χ2n) is 4.89. The van der Waals surface area contributed by atoms with Gasteiger partial charge in [-0.3, -0.25) is 4.79 Å². The van der Waals surface area contributed by atoms with Crippen molar-refractivity contribution in [2.45, 2.75) is 38.4 Å². The number of rotatable bonds is 6. The summed E-state index contributed by atoms with van der Waals surface area (Å²) in [5.41, 5.74) is 6.24. The molecule has 1 aromatic rings. The van der Waals surface area contributed by atoms with Crippen LogP contribution < -0.4 is 15.8 Å². The van der Waals surface area contributed by atoms with Crippen molar-refractivity contribution >= 4 is 11.6 Å². The van der Waals surface area contributed by atoms with E-state index < -0.39 is 6.10 Å². The van der Waals surface area contributed by atoms with Crippen molar-refractivity contribution in [3.8, 4) is 5.75 Å². The van der Waals surface area contributed by atoms with E-state index in [4.69, 9.17) is 15.2 Å². The van der Waals surface area contributed by atoms with Crippen LogP contribution in [0.3, 0.4) is 0 Å². The lowest BCUT2D eigenvalue weighted by Gasteiger charge is -2.15. The van der Waals surface area contributed by atoms with Crippen LogP contribution in [0.2, 0.25) is 0 Å². The quantitative estimate of drug-likeness (QED) is 0.833. The summed E-state index contributed by atoms with van der Waals surface area (Å²) >= 11 is 0. The van der Waals surface area contributed by atoms with Gasteiger partial charge in [0.2, 0.25) is 0 Å². The minimum atomic E-state index is -0.414. The van der Waals surface area contributed by atoms with Crippen LogP contribution in [0.15, 0.2) is 24.3 Å². The highest BCUT2D eigenvalue weighted by Crippen LogP contribution is 2.26. The van der Waals surface area contributed by atoms with Gasteiger partial charge in [-0.1, -0.05) is 19.1 Å². The third-order valence-electron chi connectivity index (χ3n) is 3.27. The first kappa shape index (κ1) is 14.8. The fraction of sp³-hybridized carbons (Fsp3) is 0.533. The third-order valence-corrected chi connectivity index (χ3v) is 3.27. The Morgan fingerprint density at radius 3 is 2.95 bits per heavy atom. The Morgan fingerprint density at radius 1 is 1.45 bits per heavy atom. The summed E-state index contributed by atoms with van der Waals surface area (Å²) in [6, 6.07) is 7.44. The number of ether oxygens (including phenoxy) is 2. The molecule has 1 saturated heterocycles. The Labute approximate surface area is 119 Å². The highest BCUT2D eigenvalue weighted by molar-refractivity contribution is 5.95. The zero-order valence-electron chi connectivity index (χ0n) is 11.8. The second-order valence-corrected chi connectivity index (χ2v) is 4.89. The van der Waals surface area contributed by atoms with Gasteiger partial charge in [0, 0.05) is 6.54 Å². The Morgan fingerprint density at radius 2 is 2.25 bits per heavy atom. The minimum absolute atomic E-state index is 0.00247. The lowest BCUT2D eigenvalue weighted by atomic mass is 10.2. The highest BCUT2D eigenvalue weighted by Gasteiger charge is 2.30. The molecule has 0 aliphatic carbocycles. The van der Waals surface area contributed by atoms with Gasteiger partial charge < -0.3 is 20.5 Å². The molecule has 1 aliphatic rings. The maximum Gasteiger partial charge on any atom is 0.253 e. The smallest absolute Gasteiger partial charge is 0.253 e. The third kappa shape index (κ3) is 3.71. The molecule has 0 radical (unpaired) electrons. The predicted octanol–water partition coefficient (Wildman–Crippen LogP) is 1.92. The van der Waals surface area contributed by atoms with E-state index in [1.165, 1.54) is 0 Å². The van der Waals surface area contributed by atoms with E-state index in [1.807, 2.05) is 31.2 Å². The first-order valence-corrected chi connectivity index (χ1v) is 7.12. The molecule has 3 N–H and O–H groups in total. The fourth-order valence-electron chi connectivity index (χ4n) is 2.19. The zero-order chi connectivity index (χ0) is 14.4. The number of hydrogen-bond acceptors (Lipinski definition) is 4. The number of benzene rings is 1. The monoisotopic (exact) mass is 278 g/mol. The van der Waals surface area contributed by atoms with Crippen LogP contribution in [0, 0.1) is 0 Å². The standard InChI is InChI=1S/C15H22N2O3/c1-2-9-19-13-6-4-3-5-12(13)17-15(18)14-8-7-11(10-16)20-14/h3-6,11,14H,2,7-10,16H2,1H3,(H,17,18)/t11-,14+/m1/s1. The Kier molecular flexibility index (Phi) is 5.38. The van der Waals surface area contributed by atoms with Crippen molar-refractivity contribution in [3.05, 3.63) is 24.3 Å². The average Bonchev–Trinajstić information content (AvgIpc) is 2.95. The number of hydrogen-bond donors (Lipinski definition) is 2. The van der Waals surface area contributed by atoms with Gasteiger partial charge in [0.1, 0.15) is 11.9 Å². The molecule has 0 unspecified atom stereocenters. The molecule has 0 saturated carbocycles. The summed E-state index contributed by atoms with van der Waals surface area (Å²) in [4.78, 5) is 12.2. The molecule has 1 heterocycles. The number of carbonyl (C=O) groups excluding carboxylic acids is 1. The van der Waals surface area contributed by atoms with Crippen molar-refractivity contribution in [2.24, 2.45) is 5.73 Å². The molecule has 110 valence electrons. The van der Waals surface area contributed by atoms with Crippen molar-refractivity contribution < 1.29 is 14.3 Å². The van der Waals surface area contributed by atoms with Crippen LogP contribution in [0.5, 0.6) is 5.75 Å². The topological polar surface area (TPSA) is 73.6 Å². The van der Waals surface area contributed by atoms with Gasteiger partial charge in [-0.05, 0) is 31.4 Å². The number of para-hydroxylation sites is 2. The lowest BCUT2D eigenvalue weighted by Crippen LogP contribution is -2.29. The number of nitrogens with one attached hydrogen (secondary N) is 1. The summed E-state index contributed by atoms with van der Waals surface area (Å²) in [5, 5.41) is 2.88.